The largest absolute Gasteiger partial charge is 0.493 e. The van der Waals surface area contributed by atoms with Crippen molar-refractivity contribution >= 4 is 17.5 Å². The standard InChI is InChI=1S/C22H28N2O5/c1-22(2,14-23-20(25)13-27-3)16-7-9-17(10-8-16)24-21(26)15-6-11-18(28-4)19(12-15)29-5/h6-12H,13-14H2,1-5H3,(H,23,25)(H,24,26). The van der Waals surface area contributed by atoms with E-state index < -0.39 is 0 Å². The van der Waals surface area contributed by atoms with E-state index in [0.29, 0.717) is 29.3 Å². The fraction of sp³-hybridized carbons (Fsp3) is 0.364. The molecular formula is C22H28N2O5. The lowest BCUT2D eigenvalue weighted by atomic mass is 9.84. The van der Waals surface area contributed by atoms with Crippen molar-refractivity contribution < 1.29 is 23.8 Å². The van der Waals surface area contributed by atoms with Gasteiger partial charge in [0, 0.05) is 30.3 Å². The van der Waals surface area contributed by atoms with E-state index in [0.717, 1.165) is 5.56 Å². The Labute approximate surface area is 171 Å². The van der Waals surface area contributed by atoms with Crippen LogP contribution in [-0.4, -0.2) is 46.3 Å². The number of nitrogens with one attached hydrogen (secondary N) is 2. The minimum absolute atomic E-state index is 0.0389. The summed E-state index contributed by atoms with van der Waals surface area (Å²) >= 11 is 0. The topological polar surface area (TPSA) is 85.9 Å². The molecule has 0 aliphatic rings. The van der Waals surface area contributed by atoms with Crippen molar-refractivity contribution in [1.82, 2.24) is 5.32 Å². The van der Waals surface area contributed by atoms with Crippen LogP contribution in [0, 0.1) is 0 Å². The Morgan fingerprint density at radius 3 is 2.17 bits per heavy atom. The maximum atomic E-state index is 12.5. The van der Waals surface area contributed by atoms with E-state index in [4.69, 9.17) is 14.2 Å². The highest BCUT2D eigenvalue weighted by molar-refractivity contribution is 6.04. The summed E-state index contributed by atoms with van der Waals surface area (Å²) in [6, 6.07) is 12.6. The molecule has 156 valence electrons. The van der Waals surface area contributed by atoms with Crippen molar-refractivity contribution in [2.24, 2.45) is 0 Å². The monoisotopic (exact) mass is 400 g/mol. The number of carbonyl (C=O) groups is 2. The van der Waals surface area contributed by atoms with Crippen molar-refractivity contribution in [1.29, 1.82) is 0 Å². The van der Waals surface area contributed by atoms with Gasteiger partial charge in [-0.1, -0.05) is 26.0 Å². The van der Waals surface area contributed by atoms with E-state index in [9.17, 15) is 9.59 Å². The SMILES string of the molecule is COCC(=O)NCC(C)(C)c1ccc(NC(=O)c2ccc(OC)c(OC)c2)cc1. The highest BCUT2D eigenvalue weighted by atomic mass is 16.5. The molecule has 0 aromatic heterocycles. The number of hydrogen-bond donors (Lipinski definition) is 2. The predicted octanol–water partition coefficient (Wildman–Crippen LogP) is 3.00. The third-order valence-electron chi connectivity index (χ3n) is 4.57. The molecule has 0 atom stereocenters. The van der Waals surface area contributed by atoms with Gasteiger partial charge < -0.3 is 24.8 Å². The maximum absolute atomic E-state index is 12.5. The second-order valence-corrected chi connectivity index (χ2v) is 7.19. The van der Waals surface area contributed by atoms with Crippen LogP contribution in [0.1, 0.15) is 29.8 Å². The van der Waals surface area contributed by atoms with Crippen molar-refractivity contribution in [3.8, 4) is 11.5 Å². The Hall–Kier alpha value is -3.06. The number of benzene rings is 2. The molecule has 2 amide bonds. The van der Waals surface area contributed by atoms with Crippen LogP contribution >= 0.6 is 0 Å². The molecule has 0 heterocycles. The number of ether oxygens (including phenoxy) is 3. The van der Waals surface area contributed by atoms with Gasteiger partial charge in [0.1, 0.15) is 6.61 Å². The smallest absolute Gasteiger partial charge is 0.255 e. The quantitative estimate of drug-likeness (QED) is 0.676. The average Bonchev–Trinajstić information content (AvgIpc) is 2.72. The summed E-state index contributed by atoms with van der Waals surface area (Å²) in [5.74, 6) is 0.658. The molecule has 0 unspecified atom stereocenters. The molecule has 2 rings (SSSR count). The van der Waals surface area contributed by atoms with Gasteiger partial charge in [0.15, 0.2) is 11.5 Å². The van der Waals surface area contributed by atoms with Crippen molar-refractivity contribution in [3.63, 3.8) is 0 Å². The zero-order chi connectivity index (χ0) is 21.4. The van der Waals surface area contributed by atoms with E-state index in [1.807, 2.05) is 38.1 Å². The zero-order valence-electron chi connectivity index (χ0n) is 17.5. The van der Waals surface area contributed by atoms with Crippen LogP contribution in [0.15, 0.2) is 42.5 Å². The molecule has 0 aliphatic heterocycles. The van der Waals surface area contributed by atoms with Crippen molar-refractivity contribution in [2.45, 2.75) is 19.3 Å². The second-order valence-electron chi connectivity index (χ2n) is 7.19. The lowest BCUT2D eigenvalue weighted by Crippen LogP contribution is -2.38. The molecule has 2 aromatic carbocycles. The molecule has 2 aromatic rings. The van der Waals surface area contributed by atoms with E-state index in [1.54, 1.807) is 25.3 Å². The summed E-state index contributed by atoms with van der Waals surface area (Å²) in [7, 11) is 4.56. The lowest BCUT2D eigenvalue weighted by Gasteiger charge is -2.26. The number of rotatable bonds is 9. The third-order valence-corrected chi connectivity index (χ3v) is 4.57. The van der Waals surface area contributed by atoms with Crippen LogP contribution in [0.4, 0.5) is 5.69 Å². The highest BCUT2D eigenvalue weighted by Crippen LogP contribution is 2.28. The van der Waals surface area contributed by atoms with Gasteiger partial charge in [0.05, 0.1) is 14.2 Å². The minimum Gasteiger partial charge on any atom is -0.493 e. The van der Waals surface area contributed by atoms with Crippen LogP contribution in [0.5, 0.6) is 11.5 Å². The van der Waals surface area contributed by atoms with Gasteiger partial charge >= 0.3 is 0 Å². The highest BCUT2D eigenvalue weighted by Gasteiger charge is 2.21. The van der Waals surface area contributed by atoms with Gasteiger partial charge in [-0.05, 0) is 35.9 Å². The minimum atomic E-state index is -0.269. The summed E-state index contributed by atoms with van der Waals surface area (Å²) < 4.78 is 15.3. The molecule has 0 fully saturated rings. The first kappa shape index (κ1) is 22.2. The van der Waals surface area contributed by atoms with Gasteiger partial charge in [-0.2, -0.15) is 0 Å². The fourth-order valence-electron chi connectivity index (χ4n) is 2.79. The first-order valence-electron chi connectivity index (χ1n) is 9.20. The number of anilines is 1. The van der Waals surface area contributed by atoms with Crippen LogP contribution in [-0.2, 0) is 14.9 Å². The first-order chi connectivity index (χ1) is 13.8. The van der Waals surface area contributed by atoms with Crippen molar-refractivity contribution in [2.75, 3.05) is 39.8 Å². The third kappa shape index (κ3) is 5.96. The predicted molar refractivity (Wildman–Crippen MR) is 112 cm³/mol. The fourth-order valence-corrected chi connectivity index (χ4v) is 2.79. The molecule has 0 radical (unpaired) electrons. The summed E-state index contributed by atoms with van der Waals surface area (Å²) in [5.41, 5.74) is 1.91. The maximum Gasteiger partial charge on any atom is 0.255 e. The molecule has 7 nitrogen and oxygen atoms in total. The van der Waals surface area contributed by atoms with Gasteiger partial charge in [-0.3, -0.25) is 9.59 Å². The van der Waals surface area contributed by atoms with Gasteiger partial charge in [-0.25, -0.2) is 0 Å². The van der Waals surface area contributed by atoms with Crippen LogP contribution < -0.4 is 20.1 Å². The summed E-state index contributed by atoms with van der Waals surface area (Å²) in [6.45, 7) is 4.60. The average molecular weight is 400 g/mol. The Morgan fingerprint density at radius 2 is 1.59 bits per heavy atom. The van der Waals surface area contributed by atoms with Gasteiger partial charge in [-0.15, -0.1) is 0 Å². The molecular weight excluding hydrogens is 372 g/mol. The van der Waals surface area contributed by atoms with E-state index in [2.05, 4.69) is 10.6 Å². The molecule has 0 bridgehead atoms. The number of methoxy groups -OCH3 is 3. The van der Waals surface area contributed by atoms with E-state index in [1.165, 1.54) is 14.2 Å². The summed E-state index contributed by atoms with van der Waals surface area (Å²) in [4.78, 5) is 24.2. The van der Waals surface area contributed by atoms with Crippen LogP contribution in [0.25, 0.3) is 0 Å². The normalized spacial score (nSPS) is 10.9. The molecule has 7 heteroatoms. The van der Waals surface area contributed by atoms with E-state index >= 15 is 0 Å². The Kier molecular flexibility index (Phi) is 7.61. The van der Waals surface area contributed by atoms with Gasteiger partial charge in [0.2, 0.25) is 5.91 Å². The Balaban J connectivity index is 2.04. The molecule has 2 N–H and O–H groups in total. The zero-order valence-corrected chi connectivity index (χ0v) is 17.5. The second kappa shape index (κ2) is 9.93. The van der Waals surface area contributed by atoms with Crippen molar-refractivity contribution in [3.05, 3.63) is 53.6 Å². The number of carbonyl (C=O) groups excluding carboxylic acids is 2. The summed E-state index contributed by atoms with van der Waals surface area (Å²) in [5, 5.41) is 5.73. The Morgan fingerprint density at radius 1 is 0.931 bits per heavy atom. The molecule has 0 spiro atoms. The molecule has 0 aliphatic carbocycles. The van der Waals surface area contributed by atoms with Crippen LogP contribution in [0.3, 0.4) is 0 Å². The van der Waals surface area contributed by atoms with E-state index in [-0.39, 0.29) is 23.8 Å². The molecule has 0 saturated carbocycles. The lowest BCUT2D eigenvalue weighted by molar-refractivity contribution is -0.124. The van der Waals surface area contributed by atoms with Gasteiger partial charge in [0.25, 0.3) is 5.91 Å². The van der Waals surface area contributed by atoms with Crippen LogP contribution in [0.2, 0.25) is 0 Å². The molecule has 29 heavy (non-hydrogen) atoms. The number of amides is 2. The Bertz CT molecular complexity index is 847. The summed E-state index contributed by atoms with van der Waals surface area (Å²) in [6.07, 6.45) is 0. The number of hydrogen-bond acceptors (Lipinski definition) is 5. The first-order valence-corrected chi connectivity index (χ1v) is 9.20. The molecule has 0 saturated heterocycles.